The summed E-state index contributed by atoms with van der Waals surface area (Å²) < 4.78 is 2.62. The van der Waals surface area contributed by atoms with Gasteiger partial charge in [0.2, 0.25) is 0 Å². The number of nitroso groups, excluding NO2 is 1. The Bertz CT molecular complexity index is 282. The molecule has 0 unspecified atom stereocenters. The van der Waals surface area contributed by atoms with E-state index in [4.69, 9.17) is 0 Å². The van der Waals surface area contributed by atoms with Crippen molar-refractivity contribution in [2.75, 3.05) is 6.54 Å². The van der Waals surface area contributed by atoms with E-state index in [-0.39, 0.29) is 12.1 Å². The Morgan fingerprint density at radius 2 is 2.42 bits per heavy atom. The summed E-state index contributed by atoms with van der Waals surface area (Å²) in [6, 6.07) is 0. The molecule has 0 spiro atoms. The van der Waals surface area contributed by atoms with Gasteiger partial charge in [-0.1, -0.05) is 5.18 Å². The van der Waals surface area contributed by atoms with Gasteiger partial charge in [0, 0.05) is 6.20 Å². The molecule has 1 aromatic rings. The predicted molar refractivity (Wildman–Crippen MR) is 49.9 cm³/mol. The molecule has 0 amide bonds. The highest BCUT2D eigenvalue weighted by Crippen LogP contribution is 2.17. The average Bonchev–Trinajstić information content (AvgIpc) is 2.36. The van der Waals surface area contributed by atoms with Gasteiger partial charge in [-0.05, 0) is 29.8 Å². The van der Waals surface area contributed by atoms with E-state index in [1.807, 2.05) is 20.0 Å². The summed E-state index contributed by atoms with van der Waals surface area (Å²) in [5.41, 5.74) is -0.340. The maximum Gasteiger partial charge on any atom is 0.106 e. The second-order valence-electron chi connectivity index (χ2n) is 3.20. The molecule has 0 N–H and O–H groups in total. The molecular weight excluding hydrogens is 222 g/mol. The van der Waals surface area contributed by atoms with E-state index < -0.39 is 0 Å². The number of rotatable bonds is 3. The van der Waals surface area contributed by atoms with Gasteiger partial charge in [-0.25, -0.2) is 0 Å². The molecule has 0 aliphatic rings. The molecule has 5 heteroatoms. The van der Waals surface area contributed by atoms with Crippen molar-refractivity contribution in [1.82, 2.24) is 9.78 Å². The largest absolute Gasteiger partial charge is 0.264 e. The fourth-order valence-corrected chi connectivity index (χ4v) is 1.15. The summed E-state index contributed by atoms with van der Waals surface area (Å²) in [6.45, 7) is 4.04. The second kappa shape index (κ2) is 3.35. The molecule has 66 valence electrons. The van der Waals surface area contributed by atoms with Crippen LogP contribution in [-0.2, 0) is 5.54 Å². The summed E-state index contributed by atoms with van der Waals surface area (Å²) in [6.07, 6.45) is 3.51. The normalized spacial score (nSPS) is 11.6. The lowest BCUT2D eigenvalue weighted by atomic mass is 10.1. The van der Waals surface area contributed by atoms with Gasteiger partial charge < -0.3 is 0 Å². The molecule has 1 rings (SSSR count). The molecule has 1 heterocycles. The molecule has 0 bridgehead atoms. The molecule has 4 nitrogen and oxygen atoms in total. The minimum absolute atomic E-state index is 0.223. The van der Waals surface area contributed by atoms with E-state index in [0.29, 0.717) is 0 Å². The third-order valence-electron chi connectivity index (χ3n) is 1.62. The fraction of sp³-hybridized carbons (Fsp3) is 0.571. The third kappa shape index (κ3) is 1.91. The first-order chi connectivity index (χ1) is 5.56. The van der Waals surface area contributed by atoms with Gasteiger partial charge in [-0.2, -0.15) is 10.0 Å². The van der Waals surface area contributed by atoms with E-state index >= 15 is 0 Å². The van der Waals surface area contributed by atoms with Crippen molar-refractivity contribution in [3.8, 4) is 0 Å². The van der Waals surface area contributed by atoms with Gasteiger partial charge in [-0.15, -0.1) is 0 Å². The monoisotopic (exact) mass is 231 g/mol. The molecule has 0 saturated carbocycles. The van der Waals surface area contributed by atoms with Crippen LogP contribution in [0.2, 0.25) is 0 Å². The van der Waals surface area contributed by atoms with Crippen molar-refractivity contribution in [2.24, 2.45) is 5.18 Å². The van der Waals surface area contributed by atoms with E-state index in [0.717, 1.165) is 4.47 Å². The quantitative estimate of drug-likeness (QED) is 0.749. The highest BCUT2D eigenvalue weighted by atomic mass is 79.9. The lowest BCUT2D eigenvalue weighted by Gasteiger charge is -2.21. The van der Waals surface area contributed by atoms with Crippen LogP contribution in [0, 0.1) is 4.91 Å². The van der Waals surface area contributed by atoms with Crippen LogP contribution in [0.5, 0.6) is 0 Å². The predicted octanol–water partition coefficient (Wildman–Crippen LogP) is 2.15. The minimum atomic E-state index is -0.340. The van der Waals surface area contributed by atoms with Gasteiger partial charge in [0.1, 0.15) is 6.54 Å². The molecule has 0 aromatic carbocycles. The summed E-state index contributed by atoms with van der Waals surface area (Å²) in [5.74, 6) is 0. The zero-order chi connectivity index (χ0) is 9.19. The van der Waals surface area contributed by atoms with Crippen molar-refractivity contribution in [3.63, 3.8) is 0 Å². The van der Waals surface area contributed by atoms with E-state index in [9.17, 15) is 4.91 Å². The Kier molecular flexibility index (Phi) is 2.62. The zero-order valence-electron chi connectivity index (χ0n) is 6.99. The van der Waals surface area contributed by atoms with E-state index in [2.05, 4.69) is 26.2 Å². The van der Waals surface area contributed by atoms with Gasteiger partial charge in [-0.3, -0.25) is 4.68 Å². The molecule has 0 aliphatic heterocycles. The Balaban J connectivity index is 2.88. The number of hydrogen-bond acceptors (Lipinski definition) is 3. The summed E-state index contributed by atoms with van der Waals surface area (Å²) >= 11 is 3.28. The molecular formula is C7H10BrN3O. The maximum atomic E-state index is 10.1. The average molecular weight is 232 g/mol. The van der Waals surface area contributed by atoms with Crippen molar-refractivity contribution in [1.29, 1.82) is 0 Å². The topological polar surface area (TPSA) is 47.2 Å². The summed E-state index contributed by atoms with van der Waals surface area (Å²) in [5, 5.41) is 6.94. The Morgan fingerprint density at radius 1 is 1.75 bits per heavy atom. The smallest absolute Gasteiger partial charge is 0.106 e. The van der Waals surface area contributed by atoms with E-state index in [1.54, 1.807) is 10.9 Å². The first-order valence-corrected chi connectivity index (χ1v) is 4.35. The molecule has 0 saturated heterocycles. The Morgan fingerprint density at radius 3 is 2.83 bits per heavy atom. The molecule has 0 fully saturated rings. The molecule has 0 aliphatic carbocycles. The van der Waals surface area contributed by atoms with Crippen molar-refractivity contribution in [3.05, 3.63) is 21.8 Å². The lowest BCUT2D eigenvalue weighted by Crippen LogP contribution is -2.29. The van der Waals surface area contributed by atoms with Crippen molar-refractivity contribution in [2.45, 2.75) is 19.4 Å². The van der Waals surface area contributed by atoms with Crippen LogP contribution in [0.25, 0.3) is 0 Å². The summed E-state index contributed by atoms with van der Waals surface area (Å²) in [4.78, 5) is 10.1. The highest BCUT2D eigenvalue weighted by molar-refractivity contribution is 9.10. The first-order valence-electron chi connectivity index (χ1n) is 3.56. The Labute approximate surface area is 79.1 Å². The Hall–Kier alpha value is -0.710. The van der Waals surface area contributed by atoms with Crippen molar-refractivity contribution < 1.29 is 0 Å². The maximum absolute atomic E-state index is 10.1. The number of halogens is 1. The second-order valence-corrected chi connectivity index (χ2v) is 4.12. The molecule has 1 aromatic heterocycles. The zero-order valence-corrected chi connectivity index (χ0v) is 8.58. The van der Waals surface area contributed by atoms with E-state index in [1.165, 1.54) is 0 Å². The van der Waals surface area contributed by atoms with Crippen LogP contribution in [0.15, 0.2) is 22.0 Å². The lowest BCUT2D eigenvalue weighted by molar-refractivity contribution is 0.330. The van der Waals surface area contributed by atoms with Gasteiger partial charge in [0.15, 0.2) is 0 Å². The van der Waals surface area contributed by atoms with Crippen LogP contribution in [0.4, 0.5) is 0 Å². The van der Waals surface area contributed by atoms with Gasteiger partial charge >= 0.3 is 0 Å². The molecule has 0 radical (unpaired) electrons. The highest BCUT2D eigenvalue weighted by Gasteiger charge is 2.21. The van der Waals surface area contributed by atoms with Crippen LogP contribution in [0.1, 0.15) is 13.8 Å². The third-order valence-corrected chi connectivity index (χ3v) is 2.03. The van der Waals surface area contributed by atoms with Crippen LogP contribution >= 0.6 is 15.9 Å². The minimum Gasteiger partial charge on any atom is -0.264 e. The SMILES string of the molecule is CC(C)(CN=O)n1cc(Br)cn1. The van der Waals surface area contributed by atoms with Crippen LogP contribution in [-0.4, -0.2) is 16.3 Å². The van der Waals surface area contributed by atoms with Gasteiger partial charge in [0.05, 0.1) is 16.2 Å². The first kappa shape index (κ1) is 9.38. The number of aromatic nitrogens is 2. The van der Waals surface area contributed by atoms with Crippen LogP contribution < -0.4 is 0 Å². The molecule has 0 atom stereocenters. The standard InChI is InChI=1S/C7H10BrN3O/c1-7(2,5-10-12)11-4-6(8)3-9-11/h3-4H,5H2,1-2H3. The van der Waals surface area contributed by atoms with Crippen LogP contribution in [0.3, 0.4) is 0 Å². The number of hydrogen-bond donors (Lipinski definition) is 0. The van der Waals surface area contributed by atoms with Gasteiger partial charge in [0.25, 0.3) is 0 Å². The van der Waals surface area contributed by atoms with Crippen molar-refractivity contribution >= 4 is 15.9 Å². The fourth-order valence-electron chi connectivity index (χ4n) is 0.862. The number of nitrogens with zero attached hydrogens (tertiary/aromatic N) is 3. The molecule has 12 heavy (non-hydrogen) atoms. The summed E-state index contributed by atoms with van der Waals surface area (Å²) in [7, 11) is 0.